The topological polar surface area (TPSA) is 97.4 Å². The average molecular weight is 389 g/mol. The van der Waals surface area contributed by atoms with Crippen molar-refractivity contribution in [3.8, 4) is 5.75 Å². The smallest absolute Gasteiger partial charge is 0.406 e. The van der Waals surface area contributed by atoms with Gasteiger partial charge in [-0.3, -0.25) is 4.79 Å². The van der Waals surface area contributed by atoms with Gasteiger partial charge in [-0.2, -0.15) is 0 Å². The number of carbonyl (C=O) groups excluding carboxylic acids is 1. The number of rotatable bonds is 7. The first kappa shape index (κ1) is 19.7. The average Bonchev–Trinajstić information content (AvgIpc) is 2.54. The van der Waals surface area contributed by atoms with Crippen LogP contribution in [-0.2, 0) is 14.8 Å². The van der Waals surface area contributed by atoms with Crippen LogP contribution < -0.4 is 14.8 Å². The molecule has 1 aromatic heterocycles. The first-order valence-electron chi connectivity index (χ1n) is 7.22. The van der Waals surface area contributed by atoms with Gasteiger partial charge in [-0.15, -0.1) is 13.2 Å². The number of aromatic nitrogens is 1. The van der Waals surface area contributed by atoms with Crippen molar-refractivity contribution in [2.75, 3.05) is 11.9 Å². The van der Waals surface area contributed by atoms with Crippen LogP contribution in [0.15, 0.2) is 53.6 Å². The Morgan fingerprint density at radius 2 is 1.81 bits per heavy atom. The number of anilines is 1. The number of pyridine rings is 1. The number of nitrogens with zero attached hydrogens (tertiary/aromatic N) is 1. The molecule has 1 amide bonds. The lowest BCUT2D eigenvalue weighted by molar-refractivity contribution is -0.274. The van der Waals surface area contributed by atoms with Gasteiger partial charge >= 0.3 is 6.36 Å². The second-order valence-corrected chi connectivity index (χ2v) is 6.70. The first-order chi connectivity index (χ1) is 12.2. The third-order valence-electron chi connectivity index (χ3n) is 2.94. The van der Waals surface area contributed by atoms with Gasteiger partial charge in [0, 0.05) is 19.2 Å². The van der Waals surface area contributed by atoms with Gasteiger partial charge in [-0.05, 0) is 36.4 Å². The predicted molar refractivity (Wildman–Crippen MR) is 85.8 cm³/mol. The van der Waals surface area contributed by atoms with E-state index < -0.39 is 28.0 Å². The number of alkyl halides is 3. The largest absolute Gasteiger partial charge is 0.573 e. The number of carbonyl (C=O) groups is 1. The van der Waals surface area contributed by atoms with E-state index in [4.69, 9.17) is 0 Å². The van der Waals surface area contributed by atoms with Crippen molar-refractivity contribution >= 4 is 21.7 Å². The fraction of sp³-hybridized carbons (Fsp3) is 0.200. The SMILES string of the molecule is O=C(CCNS(=O)(=O)c1ccc(OC(F)(F)F)cc1)Nc1ccccn1. The summed E-state index contributed by atoms with van der Waals surface area (Å²) in [5.41, 5.74) is 0. The van der Waals surface area contributed by atoms with E-state index >= 15 is 0 Å². The molecule has 1 heterocycles. The van der Waals surface area contributed by atoms with Crippen molar-refractivity contribution in [3.63, 3.8) is 0 Å². The summed E-state index contributed by atoms with van der Waals surface area (Å²) < 4.78 is 66.2. The van der Waals surface area contributed by atoms with Gasteiger partial charge in [0.05, 0.1) is 4.90 Å². The zero-order chi connectivity index (χ0) is 19.2. The number of nitrogens with one attached hydrogen (secondary N) is 2. The van der Waals surface area contributed by atoms with E-state index in [0.717, 1.165) is 24.3 Å². The van der Waals surface area contributed by atoms with Crippen LogP contribution in [0.1, 0.15) is 6.42 Å². The zero-order valence-corrected chi connectivity index (χ0v) is 14.0. The monoisotopic (exact) mass is 389 g/mol. The van der Waals surface area contributed by atoms with Gasteiger partial charge in [0.25, 0.3) is 0 Å². The van der Waals surface area contributed by atoms with Crippen molar-refractivity contribution in [2.24, 2.45) is 0 Å². The molecule has 2 aromatic rings. The van der Waals surface area contributed by atoms with E-state index in [9.17, 15) is 26.4 Å². The lowest BCUT2D eigenvalue weighted by atomic mass is 10.3. The van der Waals surface area contributed by atoms with Crippen LogP contribution in [-0.4, -0.2) is 32.2 Å². The maximum absolute atomic E-state index is 12.1. The summed E-state index contributed by atoms with van der Waals surface area (Å²) in [5, 5.41) is 2.49. The van der Waals surface area contributed by atoms with Crippen LogP contribution in [0.5, 0.6) is 5.75 Å². The van der Waals surface area contributed by atoms with E-state index in [1.54, 1.807) is 18.2 Å². The Bertz CT molecular complexity index is 841. The standard InChI is InChI=1S/C15H14F3N3O4S/c16-15(17,18)25-11-4-6-12(7-5-11)26(23,24)20-10-8-14(22)21-13-3-1-2-9-19-13/h1-7,9,20H,8,10H2,(H,19,21,22). The van der Waals surface area contributed by atoms with Gasteiger partial charge in [0.2, 0.25) is 15.9 Å². The van der Waals surface area contributed by atoms with E-state index in [1.165, 1.54) is 6.20 Å². The molecule has 2 N–H and O–H groups in total. The fourth-order valence-electron chi connectivity index (χ4n) is 1.84. The molecule has 26 heavy (non-hydrogen) atoms. The molecule has 0 aliphatic rings. The van der Waals surface area contributed by atoms with E-state index in [1.807, 2.05) is 0 Å². The van der Waals surface area contributed by atoms with Crippen molar-refractivity contribution < 1.29 is 31.1 Å². The summed E-state index contributed by atoms with van der Waals surface area (Å²) in [6, 6.07) is 8.64. The number of sulfonamides is 1. The number of halogens is 3. The highest BCUT2D eigenvalue weighted by Gasteiger charge is 2.31. The van der Waals surface area contributed by atoms with E-state index in [-0.39, 0.29) is 17.9 Å². The van der Waals surface area contributed by atoms with Crippen LogP contribution in [0.25, 0.3) is 0 Å². The Labute approximate surface area is 147 Å². The van der Waals surface area contributed by atoms with Gasteiger partial charge in [-0.25, -0.2) is 18.1 Å². The molecule has 7 nitrogen and oxygen atoms in total. The van der Waals surface area contributed by atoms with E-state index in [2.05, 4.69) is 19.8 Å². The van der Waals surface area contributed by atoms with Crippen LogP contribution in [0, 0.1) is 0 Å². The third kappa shape index (κ3) is 6.33. The number of hydrogen-bond acceptors (Lipinski definition) is 5. The molecule has 0 atom stereocenters. The number of benzene rings is 1. The molecule has 11 heteroatoms. The summed E-state index contributed by atoms with van der Waals surface area (Å²) in [7, 11) is -3.97. The molecule has 0 spiro atoms. The Morgan fingerprint density at radius 3 is 2.38 bits per heavy atom. The molecule has 2 rings (SSSR count). The van der Waals surface area contributed by atoms with Crippen LogP contribution in [0.3, 0.4) is 0 Å². The molecule has 0 unspecified atom stereocenters. The van der Waals surface area contributed by atoms with E-state index in [0.29, 0.717) is 5.82 Å². The number of ether oxygens (including phenoxy) is 1. The minimum atomic E-state index is -4.86. The Balaban J connectivity index is 1.87. The molecule has 0 saturated carbocycles. The minimum absolute atomic E-state index is 0.148. The highest BCUT2D eigenvalue weighted by molar-refractivity contribution is 7.89. The predicted octanol–water partition coefficient (Wildman–Crippen LogP) is 2.29. The molecular weight excluding hydrogens is 375 g/mol. The fourth-order valence-corrected chi connectivity index (χ4v) is 2.88. The molecule has 140 valence electrons. The quantitative estimate of drug-likeness (QED) is 0.757. The summed E-state index contributed by atoms with van der Waals surface area (Å²) in [6.07, 6.45) is -3.52. The first-order valence-corrected chi connectivity index (χ1v) is 8.70. The molecule has 1 aromatic carbocycles. The molecule has 0 radical (unpaired) electrons. The summed E-state index contributed by atoms with van der Waals surface area (Å²) in [5.74, 6) is -0.646. The third-order valence-corrected chi connectivity index (χ3v) is 4.42. The molecular formula is C15H14F3N3O4S. The highest BCUT2D eigenvalue weighted by Crippen LogP contribution is 2.23. The van der Waals surface area contributed by atoms with Gasteiger partial charge in [0.1, 0.15) is 11.6 Å². The van der Waals surface area contributed by atoms with Crippen molar-refractivity contribution in [1.29, 1.82) is 0 Å². The van der Waals surface area contributed by atoms with Crippen molar-refractivity contribution in [3.05, 3.63) is 48.7 Å². The van der Waals surface area contributed by atoms with Gasteiger partial charge in [-0.1, -0.05) is 6.07 Å². The van der Waals surface area contributed by atoms with Gasteiger partial charge < -0.3 is 10.1 Å². The Hall–Kier alpha value is -2.66. The molecule has 0 aliphatic heterocycles. The Kier molecular flexibility index (Phi) is 6.16. The molecule has 0 aliphatic carbocycles. The lowest BCUT2D eigenvalue weighted by Gasteiger charge is -2.10. The molecule has 0 saturated heterocycles. The summed E-state index contributed by atoms with van der Waals surface area (Å²) in [4.78, 5) is 15.3. The van der Waals surface area contributed by atoms with Gasteiger partial charge in [0.15, 0.2) is 0 Å². The summed E-state index contributed by atoms with van der Waals surface area (Å²) >= 11 is 0. The molecule has 0 bridgehead atoms. The van der Waals surface area contributed by atoms with Crippen LogP contribution in [0.4, 0.5) is 19.0 Å². The zero-order valence-electron chi connectivity index (χ0n) is 13.2. The number of amides is 1. The summed E-state index contributed by atoms with van der Waals surface area (Å²) in [6.45, 7) is -0.193. The normalized spacial score (nSPS) is 11.8. The Morgan fingerprint density at radius 1 is 1.12 bits per heavy atom. The van der Waals surface area contributed by atoms with Crippen molar-refractivity contribution in [1.82, 2.24) is 9.71 Å². The van der Waals surface area contributed by atoms with Crippen LogP contribution >= 0.6 is 0 Å². The maximum atomic E-state index is 12.1. The lowest BCUT2D eigenvalue weighted by Crippen LogP contribution is -2.28. The van der Waals surface area contributed by atoms with Crippen LogP contribution in [0.2, 0.25) is 0 Å². The number of hydrogen-bond donors (Lipinski definition) is 2. The minimum Gasteiger partial charge on any atom is -0.406 e. The molecule has 0 fully saturated rings. The second-order valence-electron chi connectivity index (χ2n) is 4.93. The second kappa shape index (κ2) is 8.15. The highest BCUT2D eigenvalue weighted by atomic mass is 32.2. The van der Waals surface area contributed by atoms with Crippen molar-refractivity contribution in [2.45, 2.75) is 17.7 Å². The maximum Gasteiger partial charge on any atom is 0.573 e.